The third-order valence-electron chi connectivity index (χ3n) is 3.66. The molecule has 2 rings (SSSR count). The topological polar surface area (TPSA) is 32.3 Å². The number of thioether (sulfide) groups is 1. The molecule has 1 aliphatic rings. The van der Waals surface area contributed by atoms with Crippen molar-refractivity contribution in [2.24, 2.45) is 0 Å². The van der Waals surface area contributed by atoms with Crippen LogP contribution >= 0.6 is 23.4 Å². The Morgan fingerprint density at radius 2 is 2.10 bits per heavy atom. The van der Waals surface area contributed by atoms with Gasteiger partial charge in [0.2, 0.25) is 5.91 Å². The van der Waals surface area contributed by atoms with E-state index >= 15 is 0 Å². The minimum Gasteiger partial charge on any atom is -0.343 e. The van der Waals surface area contributed by atoms with Crippen LogP contribution in [0.3, 0.4) is 0 Å². The predicted molar refractivity (Wildman–Crippen MR) is 85.5 cm³/mol. The van der Waals surface area contributed by atoms with E-state index in [1.54, 1.807) is 11.8 Å². The van der Waals surface area contributed by atoms with Crippen molar-refractivity contribution in [3.63, 3.8) is 0 Å². The molecule has 110 valence electrons. The van der Waals surface area contributed by atoms with Gasteiger partial charge in [-0.1, -0.05) is 23.7 Å². The molecular formula is C15H21ClN2OS. The van der Waals surface area contributed by atoms with E-state index in [0.29, 0.717) is 12.5 Å². The Bertz CT molecular complexity index is 449. The monoisotopic (exact) mass is 312 g/mol. The average Bonchev–Trinajstić information content (AvgIpc) is 2.49. The highest BCUT2D eigenvalue weighted by Gasteiger charge is 2.21. The van der Waals surface area contributed by atoms with Crippen molar-refractivity contribution in [2.45, 2.75) is 30.2 Å². The molecule has 0 atom stereocenters. The third-order valence-corrected chi connectivity index (χ3v) is 5.18. The van der Waals surface area contributed by atoms with E-state index in [2.05, 4.69) is 5.32 Å². The van der Waals surface area contributed by atoms with Crippen molar-refractivity contribution in [3.05, 3.63) is 29.3 Å². The van der Waals surface area contributed by atoms with Gasteiger partial charge >= 0.3 is 0 Å². The van der Waals surface area contributed by atoms with Crippen LogP contribution in [0, 0.1) is 0 Å². The second-order valence-electron chi connectivity index (χ2n) is 5.01. The molecule has 0 aromatic heterocycles. The first-order valence-corrected chi connectivity index (χ1v) is 8.38. The Morgan fingerprint density at radius 3 is 2.80 bits per heavy atom. The van der Waals surface area contributed by atoms with Crippen LogP contribution < -0.4 is 5.32 Å². The molecule has 0 unspecified atom stereocenters. The molecule has 1 saturated heterocycles. The molecule has 0 spiro atoms. The van der Waals surface area contributed by atoms with Crippen molar-refractivity contribution >= 4 is 29.3 Å². The summed E-state index contributed by atoms with van der Waals surface area (Å²) in [7, 11) is 1.93. The number of nitrogens with zero attached hydrogens (tertiary/aromatic N) is 1. The fourth-order valence-electron chi connectivity index (χ4n) is 2.38. The first-order valence-electron chi connectivity index (χ1n) is 7.02. The second-order valence-corrected chi connectivity index (χ2v) is 6.56. The predicted octanol–water partition coefficient (Wildman–Crippen LogP) is 3.03. The maximum atomic E-state index is 12.2. The average molecular weight is 313 g/mol. The molecule has 0 bridgehead atoms. The summed E-state index contributed by atoms with van der Waals surface area (Å²) >= 11 is 7.75. The van der Waals surface area contributed by atoms with Gasteiger partial charge in [0.15, 0.2) is 0 Å². The highest BCUT2D eigenvalue weighted by molar-refractivity contribution is 7.99. The number of carbonyl (C=O) groups excluding carboxylic acids is 1. The minimum atomic E-state index is 0.233. The van der Waals surface area contributed by atoms with Crippen LogP contribution in [0.25, 0.3) is 0 Å². The minimum absolute atomic E-state index is 0.233. The molecule has 0 radical (unpaired) electrons. The van der Waals surface area contributed by atoms with Crippen LogP contribution in [-0.2, 0) is 4.79 Å². The van der Waals surface area contributed by atoms with E-state index in [-0.39, 0.29) is 5.91 Å². The van der Waals surface area contributed by atoms with Gasteiger partial charge in [-0.3, -0.25) is 4.79 Å². The molecule has 1 heterocycles. The number of halogens is 1. The van der Waals surface area contributed by atoms with Gasteiger partial charge < -0.3 is 10.2 Å². The molecule has 3 nitrogen and oxygen atoms in total. The number of hydrogen-bond donors (Lipinski definition) is 1. The van der Waals surface area contributed by atoms with Gasteiger partial charge in [-0.25, -0.2) is 0 Å². The van der Waals surface area contributed by atoms with Crippen LogP contribution in [0.2, 0.25) is 5.02 Å². The van der Waals surface area contributed by atoms with Crippen LogP contribution in [0.5, 0.6) is 0 Å². The summed E-state index contributed by atoms with van der Waals surface area (Å²) in [5.74, 6) is 1.01. The molecule has 1 aliphatic heterocycles. The van der Waals surface area contributed by atoms with E-state index in [9.17, 15) is 4.79 Å². The largest absolute Gasteiger partial charge is 0.343 e. The van der Waals surface area contributed by atoms with Crippen molar-refractivity contribution in [3.8, 4) is 0 Å². The molecule has 0 aliphatic carbocycles. The molecule has 20 heavy (non-hydrogen) atoms. The lowest BCUT2D eigenvalue weighted by Crippen LogP contribution is -2.44. The molecule has 5 heteroatoms. The number of rotatable bonds is 5. The van der Waals surface area contributed by atoms with Gasteiger partial charge in [0.05, 0.1) is 5.02 Å². The SMILES string of the molecule is CN(C(=O)CCSc1ccccc1Cl)C1CCNCC1. The van der Waals surface area contributed by atoms with E-state index in [4.69, 9.17) is 11.6 Å². The summed E-state index contributed by atoms with van der Waals surface area (Å²) in [4.78, 5) is 15.1. The van der Waals surface area contributed by atoms with E-state index in [0.717, 1.165) is 41.6 Å². The van der Waals surface area contributed by atoms with E-state index in [1.807, 2.05) is 36.2 Å². The molecule has 1 amide bonds. The fraction of sp³-hybridized carbons (Fsp3) is 0.533. The molecule has 1 fully saturated rings. The molecule has 1 aromatic carbocycles. The van der Waals surface area contributed by atoms with Gasteiger partial charge in [-0.15, -0.1) is 11.8 Å². The van der Waals surface area contributed by atoms with Crippen molar-refractivity contribution < 1.29 is 4.79 Å². The summed E-state index contributed by atoms with van der Waals surface area (Å²) < 4.78 is 0. The second kappa shape index (κ2) is 7.91. The summed E-state index contributed by atoms with van der Waals surface area (Å²) in [6.07, 6.45) is 2.68. The van der Waals surface area contributed by atoms with Crippen LogP contribution in [0.15, 0.2) is 29.2 Å². The number of nitrogens with one attached hydrogen (secondary N) is 1. The molecule has 1 aromatic rings. The number of piperidine rings is 1. The number of hydrogen-bond acceptors (Lipinski definition) is 3. The molecule has 1 N–H and O–H groups in total. The summed E-state index contributed by atoms with van der Waals surface area (Å²) in [6.45, 7) is 2.02. The lowest BCUT2D eigenvalue weighted by molar-refractivity contribution is -0.131. The zero-order valence-corrected chi connectivity index (χ0v) is 13.3. The standard InChI is InChI=1S/C15H21ClN2OS/c1-18(12-6-9-17-10-7-12)15(19)8-11-20-14-5-3-2-4-13(14)16/h2-5,12,17H,6-11H2,1H3. The number of carbonyl (C=O) groups is 1. The van der Waals surface area contributed by atoms with Crippen molar-refractivity contribution in [1.29, 1.82) is 0 Å². The Morgan fingerprint density at radius 1 is 1.40 bits per heavy atom. The van der Waals surface area contributed by atoms with E-state index < -0.39 is 0 Å². The Balaban J connectivity index is 1.76. The van der Waals surface area contributed by atoms with Crippen LogP contribution in [0.1, 0.15) is 19.3 Å². The van der Waals surface area contributed by atoms with Gasteiger partial charge in [-0.05, 0) is 38.1 Å². The summed E-state index contributed by atoms with van der Waals surface area (Å²) in [5, 5.41) is 4.08. The number of benzene rings is 1. The van der Waals surface area contributed by atoms with Gasteiger partial charge in [0.1, 0.15) is 0 Å². The molecule has 0 saturated carbocycles. The highest BCUT2D eigenvalue weighted by Crippen LogP contribution is 2.27. The van der Waals surface area contributed by atoms with Gasteiger partial charge in [0, 0.05) is 30.2 Å². The highest BCUT2D eigenvalue weighted by atomic mass is 35.5. The normalized spacial score (nSPS) is 16.1. The van der Waals surface area contributed by atoms with Crippen molar-refractivity contribution in [1.82, 2.24) is 10.2 Å². The first kappa shape index (κ1) is 15.7. The zero-order chi connectivity index (χ0) is 14.4. The lowest BCUT2D eigenvalue weighted by Gasteiger charge is -2.31. The van der Waals surface area contributed by atoms with Crippen LogP contribution in [-0.4, -0.2) is 42.7 Å². The van der Waals surface area contributed by atoms with Crippen LogP contribution in [0.4, 0.5) is 0 Å². The van der Waals surface area contributed by atoms with Crippen molar-refractivity contribution in [2.75, 3.05) is 25.9 Å². The van der Waals surface area contributed by atoms with Gasteiger partial charge in [0.25, 0.3) is 0 Å². The Kier molecular flexibility index (Phi) is 6.20. The lowest BCUT2D eigenvalue weighted by atomic mass is 10.1. The summed E-state index contributed by atoms with van der Waals surface area (Å²) in [6, 6.07) is 8.16. The Hall–Kier alpha value is -0.710. The quantitative estimate of drug-likeness (QED) is 0.848. The first-order chi connectivity index (χ1) is 9.68. The smallest absolute Gasteiger partial charge is 0.223 e. The summed E-state index contributed by atoms with van der Waals surface area (Å²) in [5.41, 5.74) is 0. The maximum absolute atomic E-state index is 12.2. The van der Waals surface area contributed by atoms with Gasteiger partial charge in [-0.2, -0.15) is 0 Å². The third kappa shape index (κ3) is 4.40. The fourth-order valence-corrected chi connectivity index (χ4v) is 3.56. The Labute approximate surface area is 130 Å². The maximum Gasteiger partial charge on any atom is 0.223 e. The molecular weight excluding hydrogens is 292 g/mol. The number of amides is 1. The zero-order valence-electron chi connectivity index (χ0n) is 11.8. The van der Waals surface area contributed by atoms with E-state index in [1.165, 1.54) is 0 Å².